The van der Waals surface area contributed by atoms with E-state index in [0.29, 0.717) is 29.3 Å². The Kier molecular flexibility index (Phi) is 6.55. The Morgan fingerprint density at radius 2 is 1.53 bits per heavy atom. The number of para-hydroxylation sites is 1. The van der Waals surface area contributed by atoms with E-state index in [4.69, 9.17) is 4.74 Å². The molecule has 1 aliphatic heterocycles. The fourth-order valence-corrected chi connectivity index (χ4v) is 4.18. The molecule has 4 rings (SSSR count). The number of amides is 2. The number of carbonyl (C=O) groups is 2. The number of nitrogens with zero attached hydrogens (tertiary/aromatic N) is 2. The molecule has 0 bridgehead atoms. The highest BCUT2D eigenvalue weighted by Crippen LogP contribution is 2.37. The molecule has 0 fully saturated rings. The Bertz CT molecular complexity index is 1240. The topological polar surface area (TPSA) is 49.9 Å². The minimum atomic E-state index is -0.332. The molecule has 0 N–H and O–H groups in total. The molecule has 2 amide bonds. The SMILES string of the molecule is CCN(C1=C(c2ccc(C)c(C)c2)C(=O)N(c2ccc(OC(C)C)cc2)C1=O)c1ccccc1. The van der Waals surface area contributed by atoms with Gasteiger partial charge in [-0.1, -0.05) is 36.4 Å². The third-order valence-electron chi connectivity index (χ3n) is 5.98. The number of hydrogen-bond acceptors (Lipinski definition) is 4. The Hall–Kier alpha value is -3.86. The third kappa shape index (κ3) is 4.34. The van der Waals surface area contributed by atoms with Crippen LogP contribution >= 0.6 is 0 Å². The van der Waals surface area contributed by atoms with Crippen molar-refractivity contribution in [2.45, 2.75) is 40.7 Å². The standard InChI is InChI=1S/C29H30N2O3/c1-6-30(23-10-8-7-9-11-23)27-26(22-13-12-20(4)21(5)18-22)28(32)31(29(27)33)24-14-16-25(17-15-24)34-19(2)3/h7-19H,6H2,1-5H3. The van der Waals surface area contributed by atoms with Crippen LogP contribution in [0.4, 0.5) is 11.4 Å². The molecule has 174 valence electrons. The number of hydrogen-bond donors (Lipinski definition) is 0. The molecule has 5 heteroatoms. The van der Waals surface area contributed by atoms with Gasteiger partial charge in [-0.05, 0) is 87.7 Å². The van der Waals surface area contributed by atoms with E-state index in [0.717, 1.165) is 22.4 Å². The second-order valence-corrected chi connectivity index (χ2v) is 8.71. The van der Waals surface area contributed by atoms with E-state index in [2.05, 4.69) is 0 Å². The van der Waals surface area contributed by atoms with Crippen molar-refractivity contribution in [2.75, 3.05) is 16.3 Å². The zero-order chi connectivity index (χ0) is 24.4. The summed E-state index contributed by atoms with van der Waals surface area (Å²) >= 11 is 0. The summed E-state index contributed by atoms with van der Waals surface area (Å²) < 4.78 is 5.73. The van der Waals surface area contributed by atoms with Gasteiger partial charge in [-0.25, -0.2) is 4.90 Å². The van der Waals surface area contributed by atoms with Gasteiger partial charge in [-0.2, -0.15) is 0 Å². The van der Waals surface area contributed by atoms with E-state index in [1.54, 1.807) is 24.3 Å². The van der Waals surface area contributed by atoms with Crippen LogP contribution in [0.2, 0.25) is 0 Å². The van der Waals surface area contributed by atoms with E-state index in [1.807, 2.05) is 88.0 Å². The maximum atomic E-state index is 13.9. The quantitative estimate of drug-likeness (QED) is 0.417. The first-order valence-electron chi connectivity index (χ1n) is 11.6. The number of ether oxygens (including phenoxy) is 1. The van der Waals surface area contributed by atoms with Crippen LogP contribution in [0, 0.1) is 13.8 Å². The maximum absolute atomic E-state index is 13.9. The Morgan fingerprint density at radius 1 is 0.853 bits per heavy atom. The van der Waals surface area contributed by atoms with Crippen molar-refractivity contribution in [1.82, 2.24) is 0 Å². The number of benzene rings is 3. The van der Waals surface area contributed by atoms with Gasteiger partial charge in [-0.3, -0.25) is 9.59 Å². The summed E-state index contributed by atoms with van der Waals surface area (Å²) in [5.74, 6) is 0.0384. The van der Waals surface area contributed by atoms with Gasteiger partial charge < -0.3 is 9.64 Å². The zero-order valence-electron chi connectivity index (χ0n) is 20.3. The predicted molar refractivity (Wildman–Crippen MR) is 137 cm³/mol. The van der Waals surface area contributed by atoms with E-state index < -0.39 is 0 Å². The van der Waals surface area contributed by atoms with E-state index in [-0.39, 0.29) is 17.9 Å². The number of rotatable bonds is 7. The minimum absolute atomic E-state index is 0.0366. The molecule has 0 aromatic heterocycles. The lowest BCUT2D eigenvalue weighted by Gasteiger charge is -2.25. The van der Waals surface area contributed by atoms with E-state index in [1.165, 1.54) is 4.90 Å². The molecular weight excluding hydrogens is 424 g/mol. The molecule has 0 atom stereocenters. The number of carbonyl (C=O) groups excluding carboxylic acids is 2. The first-order chi connectivity index (χ1) is 16.3. The molecule has 3 aromatic rings. The van der Waals surface area contributed by atoms with Gasteiger partial charge in [0.2, 0.25) is 0 Å². The van der Waals surface area contributed by atoms with Crippen LogP contribution in [0.25, 0.3) is 5.57 Å². The summed E-state index contributed by atoms with van der Waals surface area (Å²) in [7, 11) is 0. The van der Waals surface area contributed by atoms with Crippen molar-refractivity contribution in [3.05, 3.63) is 95.2 Å². The third-order valence-corrected chi connectivity index (χ3v) is 5.98. The van der Waals surface area contributed by atoms with Gasteiger partial charge >= 0.3 is 0 Å². The molecule has 0 unspecified atom stereocenters. The lowest BCUT2D eigenvalue weighted by Crippen LogP contribution is -2.35. The molecule has 0 aliphatic carbocycles. The molecule has 1 heterocycles. The fraction of sp³-hybridized carbons (Fsp3) is 0.241. The molecule has 1 aliphatic rings. The van der Waals surface area contributed by atoms with E-state index >= 15 is 0 Å². The Morgan fingerprint density at radius 3 is 2.12 bits per heavy atom. The van der Waals surface area contributed by atoms with Crippen LogP contribution in [-0.2, 0) is 9.59 Å². The summed E-state index contributed by atoms with van der Waals surface area (Å²) in [6.45, 7) is 10.5. The summed E-state index contributed by atoms with van der Waals surface area (Å²) in [5.41, 5.74) is 5.15. The summed E-state index contributed by atoms with van der Waals surface area (Å²) in [6.07, 6.45) is 0.0366. The second-order valence-electron chi connectivity index (χ2n) is 8.71. The van der Waals surface area contributed by atoms with Crippen LogP contribution in [0.5, 0.6) is 5.75 Å². The van der Waals surface area contributed by atoms with Gasteiger partial charge in [0.1, 0.15) is 11.4 Å². The predicted octanol–water partition coefficient (Wildman–Crippen LogP) is 5.90. The minimum Gasteiger partial charge on any atom is -0.491 e. The van der Waals surface area contributed by atoms with Crippen LogP contribution in [0.1, 0.15) is 37.5 Å². The molecule has 5 nitrogen and oxygen atoms in total. The molecule has 3 aromatic carbocycles. The number of likely N-dealkylation sites (N-methyl/N-ethyl adjacent to an activating group) is 1. The van der Waals surface area contributed by atoms with Crippen LogP contribution in [0.15, 0.2) is 78.5 Å². The van der Waals surface area contributed by atoms with Gasteiger partial charge in [0.25, 0.3) is 11.8 Å². The van der Waals surface area contributed by atoms with Crippen molar-refractivity contribution in [3.63, 3.8) is 0 Å². The maximum Gasteiger partial charge on any atom is 0.282 e. The molecule has 34 heavy (non-hydrogen) atoms. The normalized spacial score (nSPS) is 13.8. The first kappa shape index (κ1) is 23.3. The van der Waals surface area contributed by atoms with Crippen molar-refractivity contribution in [3.8, 4) is 5.75 Å². The van der Waals surface area contributed by atoms with Gasteiger partial charge in [0.15, 0.2) is 0 Å². The van der Waals surface area contributed by atoms with Crippen LogP contribution < -0.4 is 14.5 Å². The highest BCUT2D eigenvalue weighted by molar-refractivity contribution is 6.46. The molecule has 0 saturated heterocycles. The molecule has 0 spiro atoms. The first-order valence-corrected chi connectivity index (χ1v) is 11.6. The average Bonchev–Trinajstić information content (AvgIpc) is 3.07. The van der Waals surface area contributed by atoms with Crippen molar-refractivity contribution in [2.24, 2.45) is 0 Å². The largest absolute Gasteiger partial charge is 0.491 e. The average molecular weight is 455 g/mol. The lowest BCUT2D eigenvalue weighted by atomic mass is 9.99. The van der Waals surface area contributed by atoms with Gasteiger partial charge in [-0.15, -0.1) is 0 Å². The molecule has 0 radical (unpaired) electrons. The zero-order valence-corrected chi connectivity index (χ0v) is 20.3. The van der Waals surface area contributed by atoms with Crippen molar-refractivity contribution < 1.29 is 14.3 Å². The van der Waals surface area contributed by atoms with Crippen molar-refractivity contribution in [1.29, 1.82) is 0 Å². The summed E-state index contributed by atoms with van der Waals surface area (Å²) in [4.78, 5) is 30.9. The highest BCUT2D eigenvalue weighted by atomic mass is 16.5. The van der Waals surface area contributed by atoms with Gasteiger partial charge in [0, 0.05) is 12.2 Å². The lowest BCUT2D eigenvalue weighted by molar-refractivity contribution is -0.120. The fourth-order valence-electron chi connectivity index (χ4n) is 4.18. The smallest absolute Gasteiger partial charge is 0.282 e. The summed E-state index contributed by atoms with van der Waals surface area (Å²) in [5, 5.41) is 0. The van der Waals surface area contributed by atoms with Crippen LogP contribution in [0.3, 0.4) is 0 Å². The monoisotopic (exact) mass is 454 g/mol. The van der Waals surface area contributed by atoms with Crippen molar-refractivity contribution >= 4 is 28.8 Å². The number of imide groups is 1. The highest BCUT2D eigenvalue weighted by Gasteiger charge is 2.42. The second kappa shape index (κ2) is 9.56. The van der Waals surface area contributed by atoms with E-state index in [9.17, 15) is 9.59 Å². The number of aryl methyl sites for hydroxylation is 2. The van der Waals surface area contributed by atoms with Crippen LogP contribution in [-0.4, -0.2) is 24.5 Å². The number of anilines is 2. The molecule has 0 saturated carbocycles. The van der Waals surface area contributed by atoms with Gasteiger partial charge in [0.05, 0.1) is 17.4 Å². The molecular formula is C29H30N2O3. The summed E-state index contributed by atoms with van der Waals surface area (Å²) in [6, 6.07) is 22.7. The Labute approximate surface area is 201 Å². The Balaban J connectivity index is 1.84.